The number of hydrazine groups is 1. The lowest BCUT2D eigenvalue weighted by molar-refractivity contribution is 0.544. The van der Waals surface area contributed by atoms with Gasteiger partial charge >= 0.3 is 0 Å². The minimum atomic E-state index is -3.43. The van der Waals surface area contributed by atoms with E-state index in [1.165, 1.54) is 11.3 Å². The fraction of sp³-hybridized carbons (Fsp3) is 0.429. The zero-order chi connectivity index (χ0) is 16.4. The van der Waals surface area contributed by atoms with E-state index in [4.69, 9.17) is 0 Å². The van der Waals surface area contributed by atoms with Crippen LogP contribution in [-0.4, -0.2) is 35.7 Å². The van der Waals surface area contributed by atoms with Gasteiger partial charge < -0.3 is 0 Å². The maximum Gasteiger partial charge on any atom is 0.218 e. The van der Waals surface area contributed by atoms with Crippen molar-refractivity contribution in [2.75, 3.05) is 0 Å². The molecule has 2 atom stereocenters. The zero-order valence-corrected chi connectivity index (χ0v) is 14.5. The summed E-state index contributed by atoms with van der Waals surface area (Å²) < 4.78 is 27.6. The molecular weight excluding hydrogens is 334 g/mol. The molecule has 3 rings (SSSR count). The number of sulfonamides is 1. The number of pyridine rings is 1. The molecule has 0 spiro atoms. The highest BCUT2D eigenvalue weighted by Gasteiger charge is 2.40. The molecule has 23 heavy (non-hydrogen) atoms. The largest absolute Gasteiger partial charge is 0.264 e. The highest BCUT2D eigenvalue weighted by molar-refractivity contribution is 7.90. The van der Waals surface area contributed by atoms with Crippen molar-refractivity contribution in [3.8, 4) is 11.3 Å². The van der Waals surface area contributed by atoms with Gasteiger partial charge in [-0.2, -0.15) is 0 Å². The summed E-state index contributed by atoms with van der Waals surface area (Å²) in [6, 6.07) is 3.48. The lowest BCUT2D eigenvalue weighted by Gasteiger charge is -2.18. The van der Waals surface area contributed by atoms with Gasteiger partial charge in [-0.05, 0) is 26.0 Å². The van der Waals surface area contributed by atoms with Gasteiger partial charge in [-0.25, -0.2) is 18.1 Å². The van der Waals surface area contributed by atoms with Gasteiger partial charge in [0.25, 0.3) is 0 Å². The Morgan fingerprint density at radius 2 is 2.04 bits per heavy atom. The summed E-state index contributed by atoms with van der Waals surface area (Å²) in [5, 5.41) is 2.12. The number of nitrogens with one attached hydrogen (secondary N) is 3. The van der Waals surface area contributed by atoms with Crippen molar-refractivity contribution in [1.82, 2.24) is 25.5 Å². The Labute approximate surface area is 139 Å². The molecule has 0 aromatic carbocycles. The predicted octanol–water partition coefficient (Wildman–Crippen LogP) is 0.878. The second-order valence-electron chi connectivity index (χ2n) is 5.56. The molecule has 0 bridgehead atoms. The summed E-state index contributed by atoms with van der Waals surface area (Å²) in [6.07, 6.45) is 3.44. The Bertz CT molecular complexity index is 752. The minimum absolute atomic E-state index is 0.148. The molecule has 1 saturated heterocycles. The lowest BCUT2D eigenvalue weighted by Crippen LogP contribution is -2.44. The third-order valence-corrected chi connectivity index (χ3v) is 6.74. The van der Waals surface area contributed by atoms with Crippen molar-refractivity contribution in [3.63, 3.8) is 0 Å². The van der Waals surface area contributed by atoms with Gasteiger partial charge in [0.15, 0.2) is 0 Å². The van der Waals surface area contributed by atoms with Gasteiger partial charge in [0.1, 0.15) is 10.3 Å². The normalized spacial score (nSPS) is 24.9. The highest BCUT2D eigenvalue weighted by Crippen LogP contribution is 2.21. The Kier molecular flexibility index (Phi) is 4.74. The van der Waals surface area contributed by atoms with Crippen molar-refractivity contribution < 1.29 is 8.42 Å². The molecule has 1 fully saturated rings. The van der Waals surface area contributed by atoms with Crippen LogP contribution in [0.4, 0.5) is 0 Å². The zero-order valence-electron chi connectivity index (χ0n) is 12.9. The Morgan fingerprint density at radius 3 is 2.70 bits per heavy atom. The van der Waals surface area contributed by atoms with E-state index in [-0.39, 0.29) is 18.6 Å². The molecule has 7 nitrogen and oxygen atoms in total. The van der Waals surface area contributed by atoms with Crippen LogP contribution in [0.2, 0.25) is 0 Å². The summed E-state index contributed by atoms with van der Waals surface area (Å²) in [6.45, 7) is 3.90. The van der Waals surface area contributed by atoms with Crippen LogP contribution in [0.5, 0.6) is 0 Å². The molecule has 0 saturated carbocycles. The third-order valence-electron chi connectivity index (χ3n) is 3.82. The molecular formula is C14H19N5O2S2. The second kappa shape index (κ2) is 6.62. The molecule has 9 heteroatoms. The van der Waals surface area contributed by atoms with Gasteiger partial charge in [0, 0.05) is 35.4 Å². The topological polar surface area (TPSA) is 96.0 Å². The maximum absolute atomic E-state index is 12.5. The molecule has 2 unspecified atom stereocenters. The van der Waals surface area contributed by atoms with E-state index in [2.05, 4.69) is 25.5 Å². The number of hydrogen-bond donors (Lipinski definition) is 3. The van der Waals surface area contributed by atoms with Crippen molar-refractivity contribution >= 4 is 21.4 Å². The third kappa shape index (κ3) is 3.59. The van der Waals surface area contributed by atoms with E-state index in [1.54, 1.807) is 12.4 Å². The van der Waals surface area contributed by atoms with E-state index in [0.29, 0.717) is 0 Å². The number of nitrogens with zero attached hydrogens (tertiary/aromatic N) is 2. The quantitative estimate of drug-likeness (QED) is 0.738. The first-order chi connectivity index (χ1) is 11.0. The molecule has 2 aromatic rings. The maximum atomic E-state index is 12.5. The Morgan fingerprint density at radius 1 is 1.30 bits per heavy atom. The number of hydrogen-bond acceptors (Lipinski definition) is 7. The van der Waals surface area contributed by atoms with E-state index in [1.807, 2.05) is 31.4 Å². The fourth-order valence-electron chi connectivity index (χ4n) is 2.70. The molecule has 0 radical (unpaired) electrons. The van der Waals surface area contributed by atoms with Crippen LogP contribution in [-0.2, 0) is 16.6 Å². The average molecular weight is 353 g/mol. The van der Waals surface area contributed by atoms with Gasteiger partial charge in [-0.15, -0.1) is 11.3 Å². The van der Waals surface area contributed by atoms with Gasteiger partial charge in [0.05, 0.1) is 12.2 Å². The molecule has 1 aliphatic rings. The summed E-state index contributed by atoms with van der Waals surface area (Å²) >= 11 is 1.43. The van der Waals surface area contributed by atoms with E-state index in [9.17, 15) is 8.42 Å². The van der Waals surface area contributed by atoms with Crippen molar-refractivity contribution in [1.29, 1.82) is 0 Å². The van der Waals surface area contributed by atoms with Gasteiger partial charge in [0.2, 0.25) is 10.0 Å². The molecule has 0 amide bonds. The second-order valence-corrected chi connectivity index (χ2v) is 8.43. The van der Waals surface area contributed by atoms with Crippen molar-refractivity contribution in [2.24, 2.45) is 0 Å². The smallest absolute Gasteiger partial charge is 0.218 e. The first-order valence-electron chi connectivity index (χ1n) is 7.32. The minimum Gasteiger partial charge on any atom is -0.264 e. The SMILES string of the molecule is CC1NNC(C)C1S(=O)(=O)NCc1nc(-c2cccnc2)cs1. The number of aromatic nitrogens is 2. The van der Waals surface area contributed by atoms with Crippen molar-refractivity contribution in [3.05, 3.63) is 34.9 Å². The van der Waals surface area contributed by atoms with Gasteiger partial charge in [-0.1, -0.05) is 0 Å². The average Bonchev–Trinajstić information content (AvgIpc) is 3.13. The summed E-state index contributed by atoms with van der Waals surface area (Å²) in [7, 11) is -3.43. The number of rotatable bonds is 5. The Balaban J connectivity index is 1.68. The van der Waals surface area contributed by atoms with E-state index < -0.39 is 15.3 Å². The van der Waals surface area contributed by atoms with Crippen LogP contribution in [0.1, 0.15) is 18.9 Å². The van der Waals surface area contributed by atoms with Crippen LogP contribution < -0.4 is 15.6 Å². The summed E-state index contributed by atoms with van der Waals surface area (Å²) in [5.74, 6) is 0. The molecule has 2 aromatic heterocycles. The molecule has 124 valence electrons. The van der Waals surface area contributed by atoms with E-state index >= 15 is 0 Å². The van der Waals surface area contributed by atoms with E-state index in [0.717, 1.165) is 16.3 Å². The highest BCUT2D eigenvalue weighted by atomic mass is 32.2. The monoisotopic (exact) mass is 353 g/mol. The van der Waals surface area contributed by atoms with Crippen molar-refractivity contribution in [2.45, 2.75) is 37.7 Å². The van der Waals surface area contributed by atoms with Crippen LogP contribution in [0.25, 0.3) is 11.3 Å². The predicted molar refractivity (Wildman–Crippen MR) is 90.1 cm³/mol. The van der Waals surface area contributed by atoms with Crippen LogP contribution >= 0.6 is 11.3 Å². The fourth-order valence-corrected chi connectivity index (χ4v) is 5.27. The standard InChI is InChI=1S/C14H19N5O2S2/c1-9-14(10(2)19-18-9)23(20,21)16-7-13-17-12(8-22-13)11-4-3-5-15-6-11/h3-6,8-10,14,16,18-19H,7H2,1-2H3. The van der Waals surface area contributed by atoms with Gasteiger partial charge in [-0.3, -0.25) is 15.8 Å². The lowest BCUT2D eigenvalue weighted by atomic mass is 10.2. The molecule has 3 N–H and O–H groups in total. The first-order valence-corrected chi connectivity index (χ1v) is 9.74. The summed E-state index contributed by atoms with van der Waals surface area (Å²) in [5.41, 5.74) is 7.65. The molecule has 1 aliphatic heterocycles. The number of thiazole rings is 1. The Hall–Kier alpha value is -1.39. The van der Waals surface area contributed by atoms with Crippen LogP contribution in [0.15, 0.2) is 29.9 Å². The molecule has 0 aliphatic carbocycles. The first kappa shape index (κ1) is 16.5. The van der Waals surface area contributed by atoms with Crippen LogP contribution in [0, 0.1) is 0 Å². The van der Waals surface area contributed by atoms with Crippen LogP contribution in [0.3, 0.4) is 0 Å². The summed E-state index contributed by atoms with van der Waals surface area (Å²) in [4.78, 5) is 8.53. The molecule has 3 heterocycles.